The number of alkyl carbamates (subject to hydrolysis) is 2. The molecule has 7 heterocycles. The standard InChI is InChI=1S/C50H58FN9O7S/c1-8-11-31-15-17-40(68-31)48-60-35-16-14-28(33-24-52-44(54-33)36-12-9-18-58(36)46(61)42(26(2)3)56-49(63)65-6)20-30(35)22-38(60)41-32(51)21-29(23-39(41)67-48)34-25-53-45(55-34)37-13-10-19-59(37)47(62)43(27(4)5)57-50(64)66-7/h14-17,20-27,36-37,42-43,48H,8-13,18-19H2,1-7H3,(H,52,54)(H,53,55)(H,56,63)(H,57,64)/t36-,37-,42-,43-,48?/m0/s1. The summed E-state index contributed by atoms with van der Waals surface area (Å²) in [5.41, 5.74) is 4.55. The Morgan fingerprint density at radius 2 is 1.53 bits per heavy atom. The van der Waals surface area contributed by atoms with Crippen molar-refractivity contribution in [3.63, 3.8) is 0 Å². The topological polar surface area (TPSA) is 189 Å². The first-order chi connectivity index (χ1) is 32.8. The van der Waals surface area contributed by atoms with Crippen molar-refractivity contribution in [3.05, 3.63) is 88.1 Å². The molecule has 4 amide bonds. The number of benzene rings is 2. The molecule has 3 aliphatic heterocycles. The number of likely N-dealkylation sites (tertiary alicyclic amines) is 2. The third kappa shape index (κ3) is 8.69. The minimum atomic E-state index is -0.770. The molecule has 5 atom stereocenters. The van der Waals surface area contributed by atoms with E-state index in [9.17, 15) is 19.2 Å². The highest BCUT2D eigenvalue weighted by Crippen LogP contribution is 2.48. The first-order valence-corrected chi connectivity index (χ1v) is 24.2. The van der Waals surface area contributed by atoms with Crippen molar-refractivity contribution < 1.29 is 37.8 Å². The first kappa shape index (κ1) is 46.4. The van der Waals surface area contributed by atoms with Crippen LogP contribution in [0.1, 0.15) is 106 Å². The molecule has 358 valence electrons. The number of methoxy groups -OCH3 is 2. The molecule has 16 nitrogen and oxygen atoms in total. The van der Waals surface area contributed by atoms with Crippen molar-refractivity contribution in [3.8, 4) is 39.5 Å². The predicted molar refractivity (Wildman–Crippen MR) is 255 cm³/mol. The molecule has 6 aromatic rings. The number of carbonyl (C=O) groups is 4. The predicted octanol–water partition coefficient (Wildman–Crippen LogP) is 9.27. The average Bonchev–Trinajstić information content (AvgIpc) is 4.19. The third-order valence-corrected chi connectivity index (χ3v) is 14.5. The minimum absolute atomic E-state index is 0.151. The quantitative estimate of drug-likeness (QED) is 0.0875. The number of halogens is 1. The van der Waals surface area contributed by atoms with Crippen LogP contribution < -0.4 is 15.4 Å². The van der Waals surface area contributed by atoms with Gasteiger partial charge in [0.15, 0.2) is 0 Å². The molecule has 4 aromatic heterocycles. The number of ether oxygens (including phenoxy) is 3. The second-order valence-corrected chi connectivity index (χ2v) is 19.7. The number of H-pyrrole nitrogens is 2. The molecule has 2 saturated heterocycles. The normalized spacial score (nSPS) is 18.6. The Hall–Kier alpha value is -6.69. The maximum absolute atomic E-state index is 16.9. The molecule has 9 rings (SSSR count). The van der Waals surface area contributed by atoms with E-state index in [-0.39, 0.29) is 35.7 Å². The van der Waals surface area contributed by atoms with Gasteiger partial charge in [0.05, 0.1) is 65.5 Å². The number of aromatic amines is 2. The lowest BCUT2D eigenvalue weighted by atomic mass is 10.0. The van der Waals surface area contributed by atoms with Crippen molar-refractivity contribution in [1.29, 1.82) is 0 Å². The molecule has 3 aliphatic rings. The summed E-state index contributed by atoms with van der Waals surface area (Å²) in [6.07, 6.45) is 6.49. The van der Waals surface area contributed by atoms with Gasteiger partial charge in [-0.25, -0.2) is 23.9 Å². The lowest BCUT2D eigenvalue weighted by molar-refractivity contribution is -0.136. The summed E-state index contributed by atoms with van der Waals surface area (Å²) in [6, 6.07) is 13.5. The molecule has 0 aliphatic carbocycles. The molecule has 1 unspecified atom stereocenters. The Morgan fingerprint density at radius 1 is 0.868 bits per heavy atom. The van der Waals surface area contributed by atoms with Gasteiger partial charge in [-0.1, -0.05) is 47.1 Å². The van der Waals surface area contributed by atoms with Gasteiger partial charge in [-0.3, -0.25) is 14.2 Å². The number of hydrogen-bond donors (Lipinski definition) is 4. The Morgan fingerprint density at radius 3 is 2.16 bits per heavy atom. The summed E-state index contributed by atoms with van der Waals surface area (Å²) >= 11 is 1.68. The van der Waals surface area contributed by atoms with Crippen LogP contribution in [-0.4, -0.2) is 97.7 Å². The van der Waals surface area contributed by atoms with Crippen molar-refractivity contribution >= 4 is 46.2 Å². The van der Waals surface area contributed by atoms with Crippen LogP contribution in [0.5, 0.6) is 5.75 Å². The van der Waals surface area contributed by atoms with Crippen molar-refractivity contribution in [2.24, 2.45) is 11.8 Å². The van der Waals surface area contributed by atoms with Crippen LogP contribution in [0.4, 0.5) is 14.0 Å². The van der Waals surface area contributed by atoms with Crippen LogP contribution >= 0.6 is 11.3 Å². The van der Waals surface area contributed by atoms with Gasteiger partial charge in [0.2, 0.25) is 18.0 Å². The van der Waals surface area contributed by atoms with Gasteiger partial charge < -0.3 is 44.6 Å². The maximum atomic E-state index is 16.9. The maximum Gasteiger partial charge on any atom is 0.407 e. The minimum Gasteiger partial charge on any atom is -0.464 e. The van der Waals surface area contributed by atoms with E-state index in [1.165, 1.54) is 25.2 Å². The summed E-state index contributed by atoms with van der Waals surface area (Å²) in [4.78, 5) is 74.1. The summed E-state index contributed by atoms with van der Waals surface area (Å²) in [5, 5.41) is 6.27. The smallest absolute Gasteiger partial charge is 0.407 e. The monoisotopic (exact) mass is 947 g/mol. The summed E-state index contributed by atoms with van der Waals surface area (Å²) in [7, 11) is 2.55. The zero-order valence-electron chi connectivity index (χ0n) is 39.4. The average molecular weight is 948 g/mol. The molecule has 4 N–H and O–H groups in total. The number of rotatable bonds is 13. The van der Waals surface area contributed by atoms with Crippen LogP contribution in [0.2, 0.25) is 0 Å². The fraction of sp³-hybridized carbons (Fsp3) is 0.440. The van der Waals surface area contributed by atoms with Gasteiger partial charge in [-0.15, -0.1) is 11.3 Å². The number of nitrogens with one attached hydrogen (secondary N) is 4. The van der Waals surface area contributed by atoms with E-state index in [1.807, 2.05) is 52.0 Å². The molecular weight excluding hydrogens is 890 g/mol. The van der Waals surface area contributed by atoms with Crippen molar-refractivity contribution in [1.82, 2.24) is 44.9 Å². The number of thiophene rings is 1. The van der Waals surface area contributed by atoms with E-state index in [0.29, 0.717) is 59.4 Å². The highest BCUT2D eigenvalue weighted by Gasteiger charge is 2.40. The molecule has 2 fully saturated rings. The number of imidazole rings is 2. The van der Waals surface area contributed by atoms with Crippen LogP contribution in [0, 0.1) is 17.7 Å². The van der Waals surface area contributed by atoms with E-state index in [1.54, 1.807) is 33.5 Å². The second-order valence-electron chi connectivity index (χ2n) is 18.5. The van der Waals surface area contributed by atoms with E-state index in [2.05, 4.69) is 50.3 Å². The number of amides is 4. The van der Waals surface area contributed by atoms with E-state index in [0.717, 1.165) is 59.1 Å². The summed E-state index contributed by atoms with van der Waals surface area (Å²) in [5.74, 6) is 0.437. The number of fused-ring (bicyclic) bond motifs is 5. The first-order valence-electron chi connectivity index (χ1n) is 23.4. The summed E-state index contributed by atoms with van der Waals surface area (Å²) < 4.78 is 35.4. The van der Waals surface area contributed by atoms with E-state index >= 15 is 4.39 Å². The van der Waals surface area contributed by atoms with Gasteiger partial charge in [-0.2, -0.15) is 0 Å². The Balaban J connectivity index is 1.03. The van der Waals surface area contributed by atoms with Crippen LogP contribution in [0.15, 0.2) is 60.9 Å². The van der Waals surface area contributed by atoms with Gasteiger partial charge in [0, 0.05) is 40.7 Å². The van der Waals surface area contributed by atoms with E-state index < -0.39 is 36.3 Å². The molecular formula is C50H58FN9O7S. The second kappa shape index (κ2) is 19.1. The zero-order chi connectivity index (χ0) is 48.0. The molecule has 0 radical (unpaired) electrons. The van der Waals surface area contributed by atoms with E-state index in [4.69, 9.17) is 24.2 Å². The Kier molecular flexibility index (Phi) is 13.1. The Labute approximate surface area is 398 Å². The number of nitrogens with zero attached hydrogens (tertiary/aromatic N) is 5. The van der Waals surface area contributed by atoms with Crippen LogP contribution in [0.3, 0.4) is 0 Å². The van der Waals surface area contributed by atoms with Gasteiger partial charge in [0.1, 0.15) is 35.3 Å². The Bertz CT molecular complexity index is 2860. The molecule has 0 spiro atoms. The molecule has 2 aromatic carbocycles. The zero-order valence-corrected chi connectivity index (χ0v) is 40.2. The molecule has 18 heteroatoms. The summed E-state index contributed by atoms with van der Waals surface area (Å²) in [6.45, 7) is 10.7. The largest absolute Gasteiger partial charge is 0.464 e. The highest BCUT2D eigenvalue weighted by molar-refractivity contribution is 7.12. The SMILES string of the molecule is CCCc1ccc(C2Oc3cc(-c4c[nH]c([C@@H]5CCCN5C(=O)[C@@H](NC(=O)OC)C(C)C)n4)cc(F)c3-c3cc4cc(-c5cnc([C@@H]6CCCN6C(=O)[C@@H](NC(=O)OC)C(C)C)[nH]5)ccc4n32)s1. The van der Waals surface area contributed by atoms with Gasteiger partial charge in [0.25, 0.3) is 0 Å². The lowest BCUT2D eigenvalue weighted by Crippen LogP contribution is -2.51. The molecule has 68 heavy (non-hydrogen) atoms. The number of hydrogen-bond acceptors (Lipinski definition) is 10. The van der Waals surface area contributed by atoms with Gasteiger partial charge in [-0.05, 0) is 86.4 Å². The fourth-order valence-corrected chi connectivity index (χ4v) is 11.0. The fourth-order valence-electron chi connectivity index (χ4n) is 9.88. The lowest BCUT2D eigenvalue weighted by Gasteiger charge is -2.30. The number of carbonyl (C=O) groups excluding carboxylic acids is 4. The third-order valence-electron chi connectivity index (χ3n) is 13.3. The highest BCUT2D eigenvalue weighted by atomic mass is 32.1. The van der Waals surface area contributed by atoms with Crippen LogP contribution in [0.25, 0.3) is 44.7 Å². The number of aryl methyl sites for hydroxylation is 1. The molecule has 0 saturated carbocycles. The van der Waals surface area contributed by atoms with Crippen molar-refractivity contribution in [2.75, 3.05) is 27.3 Å². The number of aromatic nitrogens is 5. The molecule has 0 bridgehead atoms. The van der Waals surface area contributed by atoms with Crippen molar-refractivity contribution in [2.45, 2.75) is 104 Å². The van der Waals surface area contributed by atoms with Gasteiger partial charge >= 0.3 is 12.2 Å². The van der Waals surface area contributed by atoms with Crippen LogP contribution in [-0.2, 0) is 25.5 Å².